The molecule has 5 heteroatoms. The maximum absolute atomic E-state index is 11.9. The number of hydrogen-bond donors (Lipinski definition) is 2. The van der Waals surface area contributed by atoms with Crippen molar-refractivity contribution < 1.29 is 9.21 Å². The summed E-state index contributed by atoms with van der Waals surface area (Å²) < 4.78 is 5.16. The summed E-state index contributed by atoms with van der Waals surface area (Å²) in [5.41, 5.74) is 5.65. The lowest BCUT2D eigenvalue weighted by atomic mass is 9.95. The van der Waals surface area contributed by atoms with Gasteiger partial charge in [0.05, 0.1) is 12.8 Å². The Bertz CT molecular complexity index is 340. The van der Waals surface area contributed by atoms with Crippen LogP contribution in [0, 0.1) is 11.8 Å². The zero-order valence-corrected chi connectivity index (χ0v) is 10.5. The first-order valence-corrected chi connectivity index (χ1v) is 5.81. The summed E-state index contributed by atoms with van der Waals surface area (Å²) in [6.07, 6.45) is 4.77. The van der Waals surface area contributed by atoms with E-state index in [2.05, 4.69) is 5.32 Å². The van der Waals surface area contributed by atoms with Gasteiger partial charge in [-0.25, -0.2) is 0 Å². The number of nitrogens with one attached hydrogen (secondary N) is 1. The van der Waals surface area contributed by atoms with Crippen molar-refractivity contribution in [1.82, 2.24) is 5.32 Å². The fraction of sp³-hybridized carbons (Fsp3) is 0.583. The number of halogens is 1. The Kier molecular flexibility index (Phi) is 5.51. The second-order valence-electron chi connectivity index (χ2n) is 4.33. The highest BCUT2D eigenvalue weighted by Gasteiger charge is 2.31. The van der Waals surface area contributed by atoms with Crippen molar-refractivity contribution in [3.63, 3.8) is 0 Å². The number of furan rings is 1. The van der Waals surface area contributed by atoms with Gasteiger partial charge in [0, 0.05) is 5.92 Å². The standard InChI is InChI=1S/C12H18N2O2.ClH/c13-7-9-3-1-5-11(9)12(15)14-8-10-4-2-6-16-10;/h2,4,6,9,11H,1,3,5,7-8,13H2,(H,14,15);1H/t9-,11-;/m1./s1. The molecule has 1 heterocycles. The first-order chi connectivity index (χ1) is 7.81. The number of rotatable bonds is 4. The van der Waals surface area contributed by atoms with Gasteiger partial charge in [-0.05, 0) is 37.4 Å². The van der Waals surface area contributed by atoms with Gasteiger partial charge in [0.2, 0.25) is 5.91 Å². The van der Waals surface area contributed by atoms with E-state index >= 15 is 0 Å². The molecule has 4 nitrogen and oxygen atoms in total. The minimum absolute atomic E-state index is 0. The Hall–Kier alpha value is -1.00. The van der Waals surface area contributed by atoms with Crippen LogP contribution in [0.25, 0.3) is 0 Å². The summed E-state index contributed by atoms with van der Waals surface area (Å²) in [7, 11) is 0. The molecule has 0 saturated heterocycles. The topological polar surface area (TPSA) is 68.3 Å². The molecule has 1 saturated carbocycles. The van der Waals surface area contributed by atoms with E-state index in [0.29, 0.717) is 19.0 Å². The lowest BCUT2D eigenvalue weighted by Crippen LogP contribution is -2.34. The van der Waals surface area contributed by atoms with Crippen LogP contribution in [0.15, 0.2) is 22.8 Å². The molecule has 0 unspecified atom stereocenters. The normalized spacial score (nSPS) is 23.1. The molecule has 1 aromatic rings. The monoisotopic (exact) mass is 258 g/mol. The largest absolute Gasteiger partial charge is 0.467 e. The van der Waals surface area contributed by atoms with Gasteiger partial charge >= 0.3 is 0 Å². The highest BCUT2D eigenvalue weighted by molar-refractivity contribution is 5.85. The number of carbonyl (C=O) groups is 1. The van der Waals surface area contributed by atoms with Gasteiger partial charge in [-0.1, -0.05) is 6.42 Å². The van der Waals surface area contributed by atoms with E-state index in [1.807, 2.05) is 12.1 Å². The zero-order chi connectivity index (χ0) is 11.4. The van der Waals surface area contributed by atoms with Gasteiger partial charge in [-0.15, -0.1) is 12.4 Å². The summed E-state index contributed by atoms with van der Waals surface area (Å²) in [5, 5.41) is 2.90. The van der Waals surface area contributed by atoms with Gasteiger partial charge in [0.15, 0.2) is 0 Å². The third kappa shape index (κ3) is 3.48. The van der Waals surface area contributed by atoms with Crippen molar-refractivity contribution in [2.24, 2.45) is 17.6 Å². The van der Waals surface area contributed by atoms with Crippen LogP contribution in [-0.4, -0.2) is 12.5 Å². The molecular formula is C12H19ClN2O2. The molecule has 0 bridgehead atoms. The summed E-state index contributed by atoms with van der Waals surface area (Å²) in [6, 6.07) is 3.68. The summed E-state index contributed by atoms with van der Waals surface area (Å²) >= 11 is 0. The molecule has 1 aliphatic rings. The smallest absolute Gasteiger partial charge is 0.223 e. The molecule has 3 N–H and O–H groups in total. The third-order valence-electron chi connectivity index (χ3n) is 3.32. The predicted molar refractivity (Wildman–Crippen MR) is 67.7 cm³/mol. The Morgan fingerprint density at radius 2 is 2.35 bits per heavy atom. The summed E-state index contributed by atoms with van der Waals surface area (Å²) in [6.45, 7) is 1.08. The van der Waals surface area contributed by atoms with Crippen LogP contribution >= 0.6 is 12.4 Å². The average molecular weight is 259 g/mol. The van der Waals surface area contributed by atoms with E-state index in [0.717, 1.165) is 25.0 Å². The minimum atomic E-state index is 0. The van der Waals surface area contributed by atoms with Crippen LogP contribution < -0.4 is 11.1 Å². The van der Waals surface area contributed by atoms with E-state index < -0.39 is 0 Å². The van der Waals surface area contributed by atoms with E-state index in [1.54, 1.807) is 6.26 Å². The average Bonchev–Trinajstić information content (AvgIpc) is 2.96. The molecule has 17 heavy (non-hydrogen) atoms. The van der Waals surface area contributed by atoms with E-state index in [4.69, 9.17) is 10.2 Å². The van der Waals surface area contributed by atoms with E-state index in [-0.39, 0.29) is 24.2 Å². The SMILES string of the molecule is Cl.NC[C@H]1CCC[C@H]1C(=O)NCc1ccco1. The quantitative estimate of drug-likeness (QED) is 0.864. The van der Waals surface area contributed by atoms with Gasteiger partial charge in [-0.3, -0.25) is 4.79 Å². The minimum Gasteiger partial charge on any atom is -0.467 e. The Labute approximate surface area is 107 Å². The van der Waals surface area contributed by atoms with E-state index in [9.17, 15) is 4.79 Å². The molecular weight excluding hydrogens is 240 g/mol. The summed E-state index contributed by atoms with van der Waals surface area (Å²) in [4.78, 5) is 11.9. The van der Waals surface area contributed by atoms with Crippen LogP contribution in [0.4, 0.5) is 0 Å². The fourth-order valence-electron chi connectivity index (χ4n) is 2.38. The molecule has 0 radical (unpaired) electrons. The molecule has 1 aromatic heterocycles. The molecule has 0 spiro atoms. The Balaban J connectivity index is 0.00000144. The number of amides is 1. The third-order valence-corrected chi connectivity index (χ3v) is 3.32. The van der Waals surface area contributed by atoms with Crippen LogP contribution in [-0.2, 0) is 11.3 Å². The molecule has 1 fully saturated rings. The number of nitrogens with two attached hydrogens (primary N) is 1. The predicted octanol–water partition coefficient (Wildman–Crippen LogP) is 1.69. The second-order valence-corrected chi connectivity index (χ2v) is 4.33. The van der Waals surface area contributed by atoms with Crippen molar-refractivity contribution in [1.29, 1.82) is 0 Å². The molecule has 0 aromatic carbocycles. The maximum Gasteiger partial charge on any atom is 0.223 e. The van der Waals surface area contributed by atoms with Crippen molar-refractivity contribution in [3.05, 3.63) is 24.2 Å². The Morgan fingerprint density at radius 1 is 1.53 bits per heavy atom. The number of hydrogen-bond acceptors (Lipinski definition) is 3. The van der Waals surface area contributed by atoms with Crippen LogP contribution in [0.5, 0.6) is 0 Å². The van der Waals surface area contributed by atoms with Crippen molar-refractivity contribution in [2.45, 2.75) is 25.8 Å². The van der Waals surface area contributed by atoms with Crippen molar-refractivity contribution in [2.75, 3.05) is 6.54 Å². The van der Waals surface area contributed by atoms with Crippen LogP contribution in [0.3, 0.4) is 0 Å². The van der Waals surface area contributed by atoms with Crippen molar-refractivity contribution in [3.8, 4) is 0 Å². The molecule has 1 aliphatic carbocycles. The maximum atomic E-state index is 11.9. The van der Waals surface area contributed by atoms with Gasteiger partial charge < -0.3 is 15.5 Å². The number of carbonyl (C=O) groups excluding carboxylic acids is 1. The molecule has 96 valence electrons. The lowest BCUT2D eigenvalue weighted by molar-refractivity contribution is -0.126. The fourth-order valence-corrected chi connectivity index (χ4v) is 2.38. The second kappa shape index (κ2) is 6.67. The van der Waals surface area contributed by atoms with E-state index in [1.165, 1.54) is 0 Å². The molecule has 1 amide bonds. The highest BCUT2D eigenvalue weighted by atomic mass is 35.5. The highest BCUT2D eigenvalue weighted by Crippen LogP contribution is 2.30. The first kappa shape index (κ1) is 14.1. The van der Waals surface area contributed by atoms with Crippen molar-refractivity contribution >= 4 is 18.3 Å². The Morgan fingerprint density at radius 3 is 3.00 bits per heavy atom. The first-order valence-electron chi connectivity index (χ1n) is 5.81. The lowest BCUT2D eigenvalue weighted by Gasteiger charge is -2.16. The van der Waals surface area contributed by atoms with Gasteiger partial charge in [0.25, 0.3) is 0 Å². The molecule has 0 aliphatic heterocycles. The molecule has 2 atom stereocenters. The van der Waals surface area contributed by atoms with Gasteiger partial charge in [-0.2, -0.15) is 0 Å². The summed E-state index contributed by atoms with van der Waals surface area (Å²) in [5.74, 6) is 1.36. The van der Waals surface area contributed by atoms with Crippen LogP contribution in [0.1, 0.15) is 25.0 Å². The zero-order valence-electron chi connectivity index (χ0n) is 9.72. The molecule has 2 rings (SSSR count). The van der Waals surface area contributed by atoms with Gasteiger partial charge in [0.1, 0.15) is 5.76 Å². The van der Waals surface area contributed by atoms with Crippen LogP contribution in [0.2, 0.25) is 0 Å².